The van der Waals surface area contributed by atoms with Gasteiger partial charge in [-0.3, -0.25) is 0 Å². The van der Waals surface area contributed by atoms with Crippen molar-refractivity contribution < 1.29 is 4.42 Å². The van der Waals surface area contributed by atoms with Crippen molar-refractivity contribution in [1.82, 2.24) is 4.48 Å². The molecule has 0 bridgehead atoms. The third-order valence-electron chi connectivity index (χ3n) is 11.6. The van der Waals surface area contributed by atoms with Gasteiger partial charge in [0, 0.05) is 38.9 Å². The SMILES string of the molecule is Cc1cc2c3c(c1)N1c4ccccc4[Si](c4ccccc4)(c4ccccc4)c4cccc(c41)B3n1c3c-2cccc3c2oc3ccccc3c21. The van der Waals surface area contributed by atoms with Crippen molar-refractivity contribution in [3.63, 3.8) is 0 Å². The molecule has 0 saturated carbocycles. The summed E-state index contributed by atoms with van der Waals surface area (Å²) in [5.41, 5.74) is 14.8. The fourth-order valence-corrected chi connectivity index (χ4v) is 15.1. The fraction of sp³-hybridized carbons (Fsp3) is 0.0222. The highest BCUT2D eigenvalue weighted by Crippen LogP contribution is 2.48. The van der Waals surface area contributed by atoms with E-state index < -0.39 is 8.07 Å². The molecular formula is C45H29BN2OSi. The maximum atomic E-state index is 6.73. The molecule has 0 amide bonds. The summed E-state index contributed by atoms with van der Waals surface area (Å²) in [4.78, 5) is 2.62. The van der Waals surface area contributed by atoms with Crippen LogP contribution in [0.4, 0.5) is 17.1 Å². The van der Waals surface area contributed by atoms with Crippen molar-refractivity contribution in [2.75, 3.05) is 4.90 Å². The van der Waals surface area contributed by atoms with Gasteiger partial charge in [0.15, 0.2) is 13.7 Å². The first-order chi connectivity index (χ1) is 24.7. The largest absolute Gasteiger partial charge is 0.454 e. The second-order valence-corrected chi connectivity index (χ2v) is 17.8. The maximum absolute atomic E-state index is 6.73. The van der Waals surface area contributed by atoms with Crippen LogP contribution in [0, 0.1) is 6.92 Å². The molecule has 12 rings (SSSR count). The predicted octanol–water partition coefficient (Wildman–Crippen LogP) is 6.96. The van der Waals surface area contributed by atoms with Crippen molar-refractivity contribution in [3.05, 3.63) is 163 Å². The Labute approximate surface area is 290 Å². The van der Waals surface area contributed by atoms with Gasteiger partial charge in [0.1, 0.15) is 5.58 Å². The van der Waals surface area contributed by atoms with E-state index in [-0.39, 0.29) is 6.85 Å². The Hall–Kier alpha value is -6.04. The molecule has 5 heterocycles. The van der Waals surface area contributed by atoms with E-state index in [1.54, 1.807) is 0 Å². The van der Waals surface area contributed by atoms with Crippen LogP contribution in [-0.2, 0) is 0 Å². The average molecular weight is 653 g/mol. The number of hydrogen-bond acceptors (Lipinski definition) is 2. The summed E-state index contributed by atoms with van der Waals surface area (Å²) in [5.74, 6) is 0. The van der Waals surface area contributed by atoms with Crippen LogP contribution in [0.3, 0.4) is 0 Å². The number of fused-ring (bicyclic) bond motifs is 11. The van der Waals surface area contributed by atoms with Crippen LogP contribution in [0.15, 0.2) is 162 Å². The lowest BCUT2D eigenvalue weighted by Crippen LogP contribution is -2.78. The molecule has 2 aromatic heterocycles. The first-order valence-corrected chi connectivity index (χ1v) is 19.5. The molecule has 0 spiro atoms. The summed E-state index contributed by atoms with van der Waals surface area (Å²) in [7, 11) is -2.78. The summed E-state index contributed by atoms with van der Waals surface area (Å²) < 4.78 is 9.36. The lowest BCUT2D eigenvalue weighted by molar-refractivity contribution is 0.673. The van der Waals surface area contributed by atoms with Crippen molar-refractivity contribution in [3.8, 4) is 11.1 Å². The number of rotatable bonds is 2. The van der Waals surface area contributed by atoms with Gasteiger partial charge < -0.3 is 13.8 Å². The third kappa shape index (κ3) is 3.05. The quantitative estimate of drug-likeness (QED) is 0.189. The molecule has 0 radical (unpaired) electrons. The number of aromatic nitrogens is 1. The number of furan rings is 1. The number of hydrogen-bond donors (Lipinski definition) is 0. The molecule has 0 N–H and O–H groups in total. The van der Waals surface area contributed by atoms with Crippen LogP contribution in [-0.4, -0.2) is 19.4 Å². The predicted molar refractivity (Wildman–Crippen MR) is 212 cm³/mol. The summed E-state index contributed by atoms with van der Waals surface area (Å²) in [5, 5.41) is 8.02. The van der Waals surface area contributed by atoms with Gasteiger partial charge in [-0.15, -0.1) is 0 Å². The Kier molecular flexibility index (Phi) is 5.02. The molecule has 3 aliphatic heterocycles. The molecule has 9 aromatic rings. The minimum absolute atomic E-state index is 0.0220. The van der Waals surface area contributed by atoms with Crippen LogP contribution >= 0.6 is 0 Å². The molecule has 50 heavy (non-hydrogen) atoms. The summed E-state index contributed by atoms with van der Waals surface area (Å²) >= 11 is 0. The smallest absolute Gasteiger partial charge is 0.333 e. The van der Waals surface area contributed by atoms with Gasteiger partial charge in [-0.25, -0.2) is 0 Å². The average Bonchev–Trinajstić information content (AvgIpc) is 3.71. The van der Waals surface area contributed by atoms with Crippen LogP contribution in [0.2, 0.25) is 0 Å². The molecule has 232 valence electrons. The van der Waals surface area contributed by atoms with Crippen molar-refractivity contribution in [2.45, 2.75) is 6.92 Å². The van der Waals surface area contributed by atoms with E-state index >= 15 is 0 Å². The molecule has 3 nitrogen and oxygen atoms in total. The number of para-hydroxylation sites is 4. The molecule has 0 aliphatic carbocycles. The van der Waals surface area contributed by atoms with Crippen LogP contribution in [0.5, 0.6) is 0 Å². The van der Waals surface area contributed by atoms with Gasteiger partial charge in [0.25, 0.3) is 0 Å². The molecule has 0 saturated heterocycles. The van der Waals surface area contributed by atoms with Crippen LogP contribution < -0.4 is 36.6 Å². The highest BCUT2D eigenvalue weighted by atomic mass is 28.3. The van der Waals surface area contributed by atoms with E-state index in [1.807, 2.05) is 0 Å². The van der Waals surface area contributed by atoms with Gasteiger partial charge in [0.2, 0.25) is 0 Å². The number of benzene rings is 7. The molecule has 3 aliphatic rings. The molecular weight excluding hydrogens is 623 g/mol. The first kappa shape index (κ1) is 26.9. The minimum atomic E-state index is -2.78. The monoisotopic (exact) mass is 652 g/mol. The standard InChI is InChI=1S/C45H29BN2OSi/c1-28-26-34-31-19-12-20-33-42(31)48(43-32-18-8-10-23-38(32)49-45(33)43)46-35-21-13-25-40-44(35)47(37(27-28)41(34)46)36-22-9-11-24-39(36)50(40,29-14-4-2-5-15-29)30-16-6-3-7-17-30/h2-27H,1H3. The normalized spacial score (nSPS) is 14.6. The lowest BCUT2D eigenvalue weighted by atomic mass is 9.45. The summed E-state index contributed by atoms with van der Waals surface area (Å²) in [6, 6.07) is 59.2. The van der Waals surface area contributed by atoms with E-state index in [4.69, 9.17) is 4.42 Å². The third-order valence-corrected chi connectivity index (χ3v) is 16.5. The second kappa shape index (κ2) is 9.35. The summed E-state index contributed by atoms with van der Waals surface area (Å²) in [6.45, 7) is 2.23. The molecule has 0 unspecified atom stereocenters. The number of aryl methyl sites for hydroxylation is 1. The Morgan fingerprint density at radius 1 is 0.560 bits per heavy atom. The van der Waals surface area contributed by atoms with Crippen molar-refractivity contribution in [1.29, 1.82) is 0 Å². The minimum Gasteiger partial charge on any atom is -0.454 e. The van der Waals surface area contributed by atoms with E-state index in [0.29, 0.717) is 0 Å². The number of anilines is 3. The highest BCUT2D eigenvalue weighted by Gasteiger charge is 2.53. The van der Waals surface area contributed by atoms with E-state index in [1.165, 1.54) is 81.8 Å². The first-order valence-electron chi connectivity index (χ1n) is 17.5. The van der Waals surface area contributed by atoms with Gasteiger partial charge in [-0.05, 0) is 80.1 Å². The molecule has 0 atom stereocenters. The topological polar surface area (TPSA) is 21.3 Å². The zero-order valence-corrected chi connectivity index (χ0v) is 28.4. The zero-order valence-electron chi connectivity index (χ0n) is 27.4. The van der Waals surface area contributed by atoms with Crippen molar-refractivity contribution >= 4 is 96.6 Å². The van der Waals surface area contributed by atoms with Gasteiger partial charge in [0.05, 0.1) is 5.52 Å². The Morgan fingerprint density at radius 3 is 2.06 bits per heavy atom. The Bertz CT molecular complexity index is 2870. The lowest BCUT2D eigenvalue weighted by Gasteiger charge is -2.49. The molecule has 7 aromatic carbocycles. The van der Waals surface area contributed by atoms with Gasteiger partial charge in [-0.1, -0.05) is 127 Å². The molecule has 5 heteroatoms. The Balaban J connectivity index is 1.30. The van der Waals surface area contributed by atoms with Gasteiger partial charge >= 0.3 is 6.85 Å². The van der Waals surface area contributed by atoms with Crippen molar-refractivity contribution in [2.24, 2.45) is 0 Å². The second-order valence-electron chi connectivity index (χ2n) is 14.1. The van der Waals surface area contributed by atoms with E-state index in [9.17, 15) is 0 Å². The van der Waals surface area contributed by atoms with Crippen LogP contribution in [0.1, 0.15) is 5.56 Å². The number of nitrogens with zero attached hydrogens (tertiary/aromatic N) is 2. The molecule has 0 fully saturated rings. The van der Waals surface area contributed by atoms with Gasteiger partial charge in [-0.2, -0.15) is 0 Å². The van der Waals surface area contributed by atoms with Crippen LogP contribution in [0.25, 0.3) is 44.1 Å². The fourth-order valence-electron chi connectivity index (χ4n) is 9.93. The summed E-state index contributed by atoms with van der Waals surface area (Å²) in [6.07, 6.45) is 0. The Morgan fingerprint density at radius 2 is 1.24 bits per heavy atom. The van der Waals surface area contributed by atoms with E-state index in [2.05, 4.69) is 174 Å². The maximum Gasteiger partial charge on any atom is 0.333 e. The highest BCUT2D eigenvalue weighted by molar-refractivity contribution is 7.21. The van der Waals surface area contributed by atoms with E-state index in [0.717, 1.165) is 16.6 Å². The zero-order chi connectivity index (χ0) is 32.7.